The molecule has 0 unspecified atom stereocenters. The van der Waals surface area contributed by atoms with Crippen LogP contribution in [0.2, 0.25) is 0 Å². The zero-order valence-electron chi connectivity index (χ0n) is 11.9. The third-order valence-corrected chi connectivity index (χ3v) is 4.47. The first-order valence-corrected chi connectivity index (χ1v) is 7.65. The first kappa shape index (κ1) is 15.4. The molecule has 0 N–H and O–H groups in total. The minimum atomic E-state index is -0.321. The van der Waals surface area contributed by atoms with Gasteiger partial charge in [-0.2, -0.15) is 0 Å². The number of benzene rings is 1. The van der Waals surface area contributed by atoms with E-state index in [0.29, 0.717) is 5.56 Å². The van der Waals surface area contributed by atoms with Crippen molar-refractivity contribution in [2.75, 3.05) is 27.2 Å². The maximum Gasteiger partial charge on any atom is 0.227 e. The summed E-state index contributed by atoms with van der Waals surface area (Å²) in [5.41, 5.74) is 0.448. The van der Waals surface area contributed by atoms with Gasteiger partial charge in [-0.3, -0.25) is 4.79 Å². The molecule has 1 amide bonds. The summed E-state index contributed by atoms with van der Waals surface area (Å²) in [5, 5.41) is 0. The number of likely N-dealkylation sites (tertiary alicyclic amines) is 1. The second-order valence-electron chi connectivity index (χ2n) is 5.45. The standard InChI is InChI=1S/C15H20BrFN2O/c1-18-7-5-13(6-8-18)19(2)15(20)10-11-9-12(16)3-4-14(11)17/h3-4,9,13H,5-8,10H2,1-2H3. The van der Waals surface area contributed by atoms with Gasteiger partial charge in [0.1, 0.15) is 5.82 Å². The smallest absolute Gasteiger partial charge is 0.227 e. The van der Waals surface area contributed by atoms with Crippen LogP contribution >= 0.6 is 15.9 Å². The normalized spacial score (nSPS) is 17.2. The predicted molar refractivity (Wildman–Crippen MR) is 81.1 cm³/mol. The van der Waals surface area contributed by atoms with Crippen LogP contribution in [0.25, 0.3) is 0 Å². The lowest BCUT2D eigenvalue weighted by molar-refractivity contribution is -0.132. The van der Waals surface area contributed by atoms with Crippen LogP contribution in [0.15, 0.2) is 22.7 Å². The Morgan fingerprint density at radius 3 is 2.75 bits per heavy atom. The van der Waals surface area contributed by atoms with Gasteiger partial charge in [-0.15, -0.1) is 0 Å². The van der Waals surface area contributed by atoms with Crippen molar-refractivity contribution in [1.29, 1.82) is 0 Å². The molecule has 0 spiro atoms. The van der Waals surface area contributed by atoms with E-state index in [2.05, 4.69) is 27.9 Å². The van der Waals surface area contributed by atoms with Gasteiger partial charge < -0.3 is 9.80 Å². The lowest BCUT2D eigenvalue weighted by atomic mass is 10.0. The van der Waals surface area contributed by atoms with E-state index in [9.17, 15) is 9.18 Å². The minimum Gasteiger partial charge on any atom is -0.342 e. The molecule has 1 heterocycles. The van der Waals surface area contributed by atoms with E-state index >= 15 is 0 Å². The molecule has 0 aliphatic carbocycles. The predicted octanol–water partition coefficient (Wildman–Crippen LogP) is 2.68. The molecular formula is C15H20BrFN2O. The van der Waals surface area contributed by atoms with Gasteiger partial charge in [-0.25, -0.2) is 4.39 Å². The van der Waals surface area contributed by atoms with Crippen molar-refractivity contribution in [2.45, 2.75) is 25.3 Å². The first-order chi connectivity index (χ1) is 9.47. The Morgan fingerprint density at radius 1 is 1.45 bits per heavy atom. The molecule has 0 saturated carbocycles. The Labute approximate surface area is 127 Å². The van der Waals surface area contributed by atoms with Gasteiger partial charge in [0.05, 0.1) is 6.42 Å². The van der Waals surface area contributed by atoms with Crippen LogP contribution in [0, 0.1) is 5.82 Å². The molecule has 0 radical (unpaired) electrons. The number of likely N-dealkylation sites (N-methyl/N-ethyl adjacent to an activating group) is 1. The first-order valence-electron chi connectivity index (χ1n) is 6.85. The lowest BCUT2D eigenvalue weighted by Crippen LogP contribution is -2.45. The van der Waals surface area contributed by atoms with Crippen LogP contribution in [0.3, 0.4) is 0 Å². The van der Waals surface area contributed by atoms with Crippen molar-refractivity contribution in [2.24, 2.45) is 0 Å². The van der Waals surface area contributed by atoms with Crippen LogP contribution in [-0.4, -0.2) is 48.9 Å². The van der Waals surface area contributed by atoms with E-state index in [0.717, 1.165) is 30.4 Å². The quantitative estimate of drug-likeness (QED) is 0.843. The molecule has 0 aromatic heterocycles. The molecule has 5 heteroatoms. The third kappa shape index (κ3) is 3.79. The average Bonchev–Trinajstić information content (AvgIpc) is 2.43. The summed E-state index contributed by atoms with van der Waals surface area (Å²) < 4.78 is 14.5. The second kappa shape index (κ2) is 6.68. The Morgan fingerprint density at radius 2 is 2.10 bits per heavy atom. The molecule has 1 aliphatic rings. The molecule has 1 aromatic carbocycles. The van der Waals surface area contributed by atoms with Crippen molar-refractivity contribution in [3.8, 4) is 0 Å². The fraction of sp³-hybridized carbons (Fsp3) is 0.533. The molecule has 0 atom stereocenters. The number of piperidine rings is 1. The van der Waals surface area contributed by atoms with E-state index in [4.69, 9.17) is 0 Å². The van der Waals surface area contributed by atoms with E-state index in [-0.39, 0.29) is 24.2 Å². The summed E-state index contributed by atoms with van der Waals surface area (Å²) in [6, 6.07) is 4.98. The van der Waals surface area contributed by atoms with Crippen molar-refractivity contribution in [1.82, 2.24) is 9.80 Å². The zero-order chi connectivity index (χ0) is 14.7. The highest BCUT2D eigenvalue weighted by Crippen LogP contribution is 2.19. The summed E-state index contributed by atoms with van der Waals surface area (Å²) in [6.07, 6.45) is 2.09. The van der Waals surface area contributed by atoms with Gasteiger partial charge >= 0.3 is 0 Å². The van der Waals surface area contributed by atoms with Crippen molar-refractivity contribution < 1.29 is 9.18 Å². The third-order valence-electron chi connectivity index (χ3n) is 3.98. The molecule has 2 rings (SSSR count). The topological polar surface area (TPSA) is 23.6 Å². The van der Waals surface area contributed by atoms with Crippen LogP contribution in [0.1, 0.15) is 18.4 Å². The number of carbonyl (C=O) groups is 1. The highest BCUT2D eigenvalue weighted by atomic mass is 79.9. The molecule has 110 valence electrons. The van der Waals surface area contributed by atoms with Crippen molar-refractivity contribution in [3.05, 3.63) is 34.1 Å². The fourth-order valence-electron chi connectivity index (χ4n) is 2.55. The molecular weight excluding hydrogens is 323 g/mol. The van der Waals surface area contributed by atoms with E-state index in [1.807, 2.05) is 7.05 Å². The maximum absolute atomic E-state index is 13.7. The van der Waals surface area contributed by atoms with Gasteiger partial charge in [0.2, 0.25) is 5.91 Å². The Bertz CT molecular complexity index is 487. The van der Waals surface area contributed by atoms with Crippen LogP contribution in [0.4, 0.5) is 4.39 Å². The lowest BCUT2D eigenvalue weighted by Gasteiger charge is -2.35. The van der Waals surface area contributed by atoms with Crippen LogP contribution in [-0.2, 0) is 11.2 Å². The largest absolute Gasteiger partial charge is 0.342 e. The number of amides is 1. The molecule has 0 bridgehead atoms. The number of hydrogen-bond donors (Lipinski definition) is 0. The number of halogens is 2. The molecule has 1 saturated heterocycles. The summed E-state index contributed by atoms with van der Waals surface area (Å²) in [4.78, 5) is 16.3. The maximum atomic E-state index is 13.7. The Balaban J connectivity index is 1.99. The van der Waals surface area contributed by atoms with Crippen molar-refractivity contribution in [3.63, 3.8) is 0 Å². The van der Waals surface area contributed by atoms with Crippen LogP contribution < -0.4 is 0 Å². The van der Waals surface area contributed by atoms with Gasteiger partial charge in [-0.1, -0.05) is 15.9 Å². The fourth-order valence-corrected chi connectivity index (χ4v) is 2.96. The van der Waals surface area contributed by atoms with Gasteiger partial charge in [0, 0.05) is 17.6 Å². The van der Waals surface area contributed by atoms with E-state index < -0.39 is 0 Å². The van der Waals surface area contributed by atoms with E-state index in [1.165, 1.54) is 6.07 Å². The average molecular weight is 343 g/mol. The number of hydrogen-bond acceptors (Lipinski definition) is 2. The summed E-state index contributed by atoms with van der Waals surface area (Å²) in [7, 11) is 3.92. The van der Waals surface area contributed by atoms with Gasteiger partial charge in [0.25, 0.3) is 0 Å². The van der Waals surface area contributed by atoms with Gasteiger partial charge in [-0.05, 0) is 56.7 Å². The zero-order valence-corrected chi connectivity index (χ0v) is 13.5. The summed E-state index contributed by atoms with van der Waals surface area (Å²) in [6.45, 7) is 2.01. The highest BCUT2D eigenvalue weighted by Gasteiger charge is 2.24. The molecule has 1 fully saturated rings. The van der Waals surface area contributed by atoms with Crippen LogP contribution in [0.5, 0.6) is 0 Å². The number of rotatable bonds is 3. The molecule has 3 nitrogen and oxygen atoms in total. The second-order valence-corrected chi connectivity index (χ2v) is 6.37. The summed E-state index contributed by atoms with van der Waals surface area (Å²) >= 11 is 3.31. The molecule has 1 aliphatic heterocycles. The highest BCUT2D eigenvalue weighted by molar-refractivity contribution is 9.10. The SMILES string of the molecule is CN1CCC(N(C)C(=O)Cc2cc(Br)ccc2F)CC1. The van der Waals surface area contributed by atoms with Crippen molar-refractivity contribution >= 4 is 21.8 Å². The Kier molecular flexibility index (Phi) is 5.16. The molecule has 1 aromatic rings. The number of nitrogens with zero attached hydrogens (tertiary/aromatic N) is 2. The Hall–Kier alpha value is -0.940. The monoisotopic (exact) mass is 342 g/mol. The minimum absolute atomic E-state index is 0.0171. The number of carbonyl (C=O) groups excluding carboxylic acids is 1. The van der Waals surface area contributed by atoms with Gasteiger partial charge in [0.15, 0.2) is 0 Å². The molecule has 20 heavy (non-hydrogen) atoms. The summed E-state index contributed by atoms with van der Waals surface area (Å²) in [5.74, 6) is -0.338. The van der Waals surface area contributed by atoms with E-state index in [1.54, 1.807) is 17.0 Å².